The number of aliphatic carboxylic acids is 1. The van der Waals surface area contributed by atoms with E-state index in [1.807, 2.05) is 24.0 Å². The molecular formula is C25H33F3N4O4. The van der Waals surface area contributed by atoms with E-state index in [0.29, 0.717) is 12.5 Å². The van der Waals surface area contributed by atoms with Gasteiger partial charge in [0.2, 0.25) is 5.91 Å². The van der Waals surface area contributed by atoms with Gasteiger partial charge in [-0.25, -0.2) is 4.79 Å². The highest BCUT2D eigenvalue weighted by atomic mass is 19.4. The summed E-state index contributed by atoms with van der Waals surface area (Å²) in [5.41, 5.74) is 7.56. The fourth-order valence-corrected chi connectivity index (χ4v) is 4.56. The average Bonchev–Trinajstić information content (AvgIpc) is 2.83. The molecule has 1 aliphatic carbocycles. The Bertz CT molecular complexity index is 981. The van der Waals surface area contributed by atoms with Crippen LogP contribution in [0.15, 0.2) is 24.3 Å². The van der Waals surface area contributed by atoms with Crippen molar-refractivity contribution in [3.63, 3.8) is 0 Å². The van der Waals surface area contributed by atoms with Gasteiger partial charge in [-0.1, -0.05) is 31.0 Å². The van der Waals surface area contributed by atoms with Crippen LogP contribution in [0.5, 0.6) is 0 Å². The minimum Gasteiger partial charge on any atom is -0.475 e. The quantitative estimate of drug-likeness (QED) is 0.462. The second kappa shape index (κ2) is 13.3. The minimum absolute atomic E-state index is 0.173. The Balaban J connectivity index is 0.000000572. The number of carboxylic acid groups (broad SMARTS) is 1. The van der Waals surface area contributed by atoms with Crippen LogP contribution in [0.4, 0.5) is 18.9 Å². The molecule has 0 aromatic heterocycles. The van der Waals surface area contributed by atoms with E-state index in [4.69, 9.17) is 15.6 Å². The fourth-order valence-electron chi connectivity index (χ4n) is 4.56. The molecule has 8 nitrogen and oxygen atoms in total. The first-order valence-electron chi connectivity index (χ1n) is 11.9. The van der Waals surface area contributed by atoms with Gasteiger partial charge in [-0.2, -0.15) is 13.2 Å². The molecule has 0 radical (unpaired) electrons. The molecule has 36 heavy (non-hydrogen) atoms. The molecule has 0 unspecified atom stereocenters. The lowest BCUT2D eigenvalue weighted by Gasteiger charge is -2.41. The maximum absolute atomic E-state index is 12.5. The zero-order valence-electron chi connectivity index (χ0n) is 20.4. The molecule has 1 aliphatic heterocycles. The predicted molar refractivity (Wildman–Crippen MR) is 129 cm³/mol. The molecule has 0 saturated heterocycles. The molecule has 5 N–H and O–H groups in total. The molecule has 11 heteroatoms. The Morgan fingerprint density at radius 2 is 1.72 bits per heavy atom. The topological polar surface area (TPSA) is 125 Å². The number of carboxylic acids is 1. The Morgan fingerprint density at radius 3 is 2.28 bits per heavy atom. The first-order chi connectivity index (χ1) is 17.0. The van der Waals surface area contributed by atoms with Gasteiger partial charge >= 0.3 is 12.1 Å². The second-order valence-electron chi connectivity index (χ2n) is 8.81. The summed E-state index contributed by atoms with van der Waals surface area (Å²) in [6.07, 6.45) is 0.256. The number of alkyl halides is 3. The van der Waals surface area contributed by atoms with Crippen LogP contribution in [0.2, 0.25) is 0 Å². The van der Waals surface area contributed by atoms with Crippen LogP contribution >= 0.6 is 0 Å². The van der Waals surface area contributed by atoms with Crippen LogP contribution in [0.25, 0.3) is 0 Å². The van der Waals surface area contributed by atoms with Crippen molar-refractivity contribution in [1.29, 1.82) is 0 Å². The molecule has 0 bridgehead atoms. The number of amides is 2. The van der Waals surface area contributed by atoms with Crippen LogP contribution in [0.3, 0.4) is 0 Å². The molecule has 2 amide bonds. The van der Waals surface area contributed by atoms with E-state index in [1.165, 1.54) is 5.56 Å². The summed E-state index contributed by atoms with van der Waals surface area (Å²) in [4.78, 5) is 35.1. The van der Waals surface area contributed by atoms with E-state index in [2.05, 4.69) is 41.5 Å². The molecule has 3 rings (SSSR count). The first-order valence-corrected chi connectivity index (χ1v) is 11.9. The number of nitrogens with zero attached hydrogens (tertiary/aromatic N) is 1. The predicted octanol–water partition coefficient (Wildman–Crippen LogP) is 2.88. The first kappa shape index (κ1) is 29.1. The molecule has 1 saturated carbocycles. The Labute approximate surface area is 208 Å². The monoisotopic (exact) mass is 510 g/mol. The largest absolute Gasteiger partial charge is 0.490 e. The summed E-state index contributed by atoms with van der Waals surface area (Å²) >= 11 is 0. The van der Waals surface area contributed by atoms with E-state index in [0.717, 1.165) is 37.8 Å². The lowest BCUT2D eigenvalue weighted by molar-refractivity contribution is -0.192. The molecule has 2 aliphatic rings. The fraction of sp³-hybridized carbons (Fsp3) is 0.560. The summed E-state index contributed by atoms with van der Waals surface area (Å²) in [5.74, 6) is 2.31. The van der Waals surface area contributed by atoms with Crippen molar-refractivity contribution in [3.8, 4) is 11.8 Å². The maximum atomic E-state index is 12.5. The van der Waals surface area contributed by atoms with Crippen molar-refractivity contribution < 1.29 is 32.7 Å². The number of fused-ring (bicyclic) bond motifs is 1. The van der Waals surface area contributed by atoms with Crippen molar-refractivity contribution in [3.05, 3.63) is 29.8 Å². The van der Waals surface area contributed by atoms with Gasteiger partial charge in [0.15, 0.2) is 0 Å². The van der Waals surface area contributed by atoms with Gasteiger partial charge in [-0.05, 0) is 56.6 Å². The van der Waals surface area contributed by atoms with Crippen LogP contribution in [0.1, 0.15) is 64.0 Å². The van der Waals surface area contributed by atoms with Gasteiger partial charge in [-0.15, -0.1) is 0 Å². The summed E-state index contributed by atoms with van der Waals surface area (Å²) in [6.45, 7) is 4.25. The molecular weight excluding hydrogens is 477 g/mol. The van der Waals surface area contributed by atoms with Gasteiger partial charge in [0.05, 0.1) is 6.54 Å². The van der Waals surface area contributed by atoms with E-state index in [1.54, 1.807) is 0 Å². The summed E-state index contributed by atoms with van der Waals surface area (Å²) < 4.78 is 31.7. The van der Waals surface area contributed by atoms with Crippen LogP contribution in [-0.4, -0.2) is 53.7 Å². The number of hydrogen-bond donors (Lipinski definition) is 4. The lowest BCUT2D eigenvalue weighted by Crippen LogP contribution is -2.48. The molecule has 1 heterocycles. The number of carbonyl (C=O) groups is 3. The molecule has 198 valence electrons. The van der Waals surface area contributed by atoms with Crippen molar-refractivity contribution in [2.24, 2.45) is 5.73 Å². The highest BCUT2D eigenvalue weighted by Gasteiger charge is 2.38. The number of nitrogens with two attached hydrogens (primary N) is 1. The number of rotatable bonds is 4. The highest BCUT2D eigenvalue weighted by molar-refractivity contribution is 5.95. The zero-order valence-corrected chi connectivity index (χ0v) is 20.4. The summed E-state index contributed by atoms with van der Waals surface area (Å²) in [6, 6.07) is 9.26. The minimum atomic E-state index is -5.08. The number of halogens is 3. The Hall–Kier alpha value is -3.10. The number of benzene rings is 1. The SMILES string of the molecule is CCC(=O)N1c2ccccc2[C@H](NC2CCC(NC(=O)C#CCN)CC2)C[C@@H]1C.O=C(O)C(F)(F)F. The van der Waals surface area contributed by atoms with E-state index < -0.39 is 12.1 Å². The second-order valence-corrected chi connectivity index (χ2v) is 8.81. The number of hydrogen-bond acceptors (Lipinski definition) is 5. The number of carbonyl (C=O) groups excluding carboxylic acids is 2. The van der Waals surface area contributed by atoms with Gasteiger partial charge in [0.1, 0.15) is 0 Å². The highest BCUT2D eigenvalue weighted by Crippen LogP contribution is 2.38. The maximum Gasteiger partial charge on any atom is 0.490 e. The van der Waals surface area contributed by atoms with Crippen molar-refractivity contribution >= 4 is 23.5 Å². The van der Waals surface area contributed by atoms with E-state index >= 15 is 0 Å². The number of anilines is 1. The van der Waals surface area contributed by atoms with Crippen molar-refractivity contribution in [2.45, 2.75) is 82.7 Å². The smallest absolute Gasteiger partial charge is 0.475 e. The van der Waals surface area contributed by atoms with Gasteiger partial charge in [0, 0.05) is 36.3 Å². The van der Waals surface area contributed by atoms with Crippen LogP contribution in [0, 0.1) is 11.8 Å². The van der Waals surface area contributed by atoms with Crippen molar-refractivity contribution in [1.82, 2.24) is 10.6 Å². The molecule has 2 atom stereocenters. The summed E-state index contributed by atoms with van der Waals surface area (Å²) in [5, 5.41) is 13.9. The standard InChI is InChI=1S/C23H32N4O2.C2HF3O2/c1-3-23(29)27-16(2)15-20(19-7-4-5-8-21(19)27)25-17-10-12-18(13-11-17)26-22(28)9-6-14-24;3-2(4,5)1(6)7/h4-5,7-8,16-18,20,25H,3,10-15,24H2,1-2H3,(H,26,28);(H,6,7)/t16-,17?,18?,20+;/m0./s1. The van der Waals surface area contributed by atoms with Crippen LogP contribution < -0.4 is 21.3 Å². The third-order valence-electron chi connectivity index (χ3n) is 6.21. The van der Waals surface area contributed by atoms with Crippen molar-refractivity contribution in [2.75, 3.05) is 11.4 Å². The number of nitrogens with one attached hydrogen (secondary N) is 2. The third-order valence-corrected chi connectivity index (χ3v) is 6.21. The molecule has 1 aromatic rings. The Morgan fingerprint density at radius 1 is 1.14 bits per heavy atom. The van der Waals surface area contributed by atoms with Gasteiger partial charge in [0.25, 0.3) is 5.91 Å². The summed E-state index contributed by atoms with van der Waals surface area (Å²) in [7, 11) is 0. The van der Waals surface area contributed by atoms with Gasteiger partial charge in [-0.3, -0.25) is 9.59 Å². The van der Waals surface area contributed by atoms with Crippen LogP contribution in [-0.2, 0) is 14.4 Å². The zero-order chi connectivity index (χ0) is 26.9. The van der Waals surface area contributed by atoms with E-state index in [-0.39, 0.29) is 36.5 Å². The lowest BCUT2D eigenvalue weighted by atomic mass is 9.87. The third kappa shape index (κ3) is 8.24. The average molecular weight is 511 g/mol. The number of para-hydroxylation sites is 1. The van der Waals surface area contributed by atoms with E-state index in [9.17, 15) is 22.8 Å². The Kier molecular flexibility index (Phi) is 10.7. The molecule has 0 spiro atoms. The molecule has 1 fully saturated rings. The normalized spacial score (nSPS) is 23.2. The molecule has 1 aromatic carbocycles. The van der Waals surface area contributed by atoms with Gasteiger partial charge < -0.3 is 26.4 Å².